The van der Waals surface area contributed by atoms with Crippen molar-refractivity contribution in [3.05, 3.63) is 41.2 Å². The third-order valence-electron chi connectivity index (χ3n) is 7.68. The number of carbonyl (C=O) groups excluding carboxylic acids is 2. The van der Waals surface area contributed by atoms with Crippen molar-refractivity contribution in [2.45, 2.75) is 62.9 Å². The van der Waals surface area contributed by atoms with Crippen LogP contribution >= 0.6 is 11.8 Å². The summed E-state index contributed by atoms with van der Waals surface area (Å²) >= 11 is 1.35. The van der Waals surface area contributed by atoms with E-state index >= 15 is 0 Å². The SMILES string of the molecule is CC12CCC(c3nnc(SCC(=O)c4ccc(N5CCCC5=O)cc4)nc31)C2(C)C. The molecule has 1 aromatic heterocycles. The molecule has 1 aromatic carbocycles. The summed E-state index contributed by atoms with van der Waals surface area (Å²) in [5, 5.41) is 9.40. The molecule has 7 heteroatoms. The summed E-state index contributed by atoms with van der Waals surface area (Å²) in [6.07, 6.45) is 3.77. The summed E-state index contributed by atoms with van der Waals surface area (Å²) in [6.45, 7) is 7.66. The normalized spacial score (nSPS) is 26.3. The van der Waals surface area contributed by atoms with Crippen molar-refractivity contribution >= 4 is 29.1 Å². The Hall–Kier alpha value is -2.28. The Labute approximate surface area is 180 Å². The largest absolute Gasteiger partial charge is 0.312 e. The van der Waals surface area contributed by atoms with Crippen molar-refractivity contribution in [1.82, 2.24) is 15.2 Å². The molecule has 5 rings (SSSR count). The predicted octanol–water partition coefficient (Wildman–Crippen LogP) is 4.15. The molecule has 1 amide bonds. The molecule has 1 saturated heterocycles. The van der Waals surface area contributed by atoms with Gasteiger partial charge in [0.05, 0.1) is 17.1 Å². The molecule has 6 nitrogen and oxygen atoms in total. The molecule has 2 fully saturated rings. The summed E-state index contributed by atoms with van der Waals surface area (Å²) in [4.78, 5) is 31.2. The maximum Gasteiger partial charge on any atom is 0.227 e. The number of rotatable bonds is 5. The van der Waals surface area contributed by atoms with Crippen LogP contribution in [0.15, 0.2) is 29.4 Å². The van der Waals surface area contributed by atoms with Crippen molar-refractivity contribution in [1.29, 1.82) is 0 Å². The molecule has 3 aliphatic rings. The van der Waals surface area contributed by atoms with Crippen LogP contribution in [0.2, 0.25) is 0 Å². The van der Waals surface area contributed by atoms with Gasteiger partial charge in [0.25, 0.3) is 0 Å². The number of aromatic nitrogens is 3. The lowest BCUT2D eigenvalue weighted by molar-refractivity contribution is -0.117. The minimum atomic E-state index is 0.0245. The Morgan fingerprint density at radius 3 is 2.67 bits per heavy atom. The van der Waals surface area contributed by atoms with Gasteiger partial charge in [-0.25, -0.2) is 4.98 Å². The fourth-order valence-corrected chi connectivity index (χ4v) is 6.07. The Morgan fingerprint density at radius 2 is 1.97 bits per heavy atom. The van der Waals surface area contributed by atoms with Gasteiger partial charge in [-0.15, -0.1) is 5.10 Å². The molecule has 30 heavy (non-hydrogen) atoms. The van der Waals surface area contributed by atoms with Crippen molar-refractivity contribution in [3.63, 3.8) is 0 Å². The number of nitrogens with zero attached hydrogens (tertiary/aromatic N) is 4. The summed E-state index contributed by atoms with van der Waals surface area (Å²) in [5.41, 5.74) is 3.81. The maximum atomic E-state index is 12.7. The fourth-order valence-electron chi connectivity index (χ4n) is 5.39. The molecular formula is C23H26N4O2S. The van der Waals surface area contributed by atoms with Crippen LogP contribution in [0.3, 0.4) is 0 Å². The number of anilines is 1. The molecule has 2 heterocycles. The highest BCUT2D eigenvalue weighted by molar-refractivity contribution is 7.99. The van der Waals surface area contributed by atoms with Gasteiger partial charge in [0, 0.05) is 35.5 Å². The highest BCUT2D eigenvalue weighted by Crippen LogP contribution is 2.66. The molecule has 2 bridgehead atoms. The smallest absolute Gasteiger partial charge is 0.227 e. The van der Waals surface area contributed by atoms with Gasteiger partial charge in [-0.3, -0.25) is 9.59 Å². The molecule has 1 saturated carbocycles. The lowest BCUT2D eigenvalue weighted by Crippen LogP contribution is -2.32. The predicted molar refractivity (Wildman–Crippen MR) is 116 cm³/mol. The number of amides is 1. The second-order valence-corrected chi connectivity index (χ2v) is 10.3. The first kappa shape index (κ1) is 19.7. The molecule has 2 atom stereocenters. The Kier molecular flexibility index (Phi) is 4.51. The Bertz CT molecular complexity index is 1040. The maximum absolute atomic E-state index is 12.7. The van der Waals surface area contributed by atoms with Crippen LogP contribution in [0.25, 0.3) is 0 Å². The number of benzene rings is 1. The van der Waals surface area contributed by atoms with Gasteiger partial charge in [0.15, 0.2) is 5.78 Å². The summed E-state index contributed by atoms with van der Waals surface area (Å²) in [5.74, 6) is 0.874. The third kappa shape index (κ3) is 2.82. The van der Waals surface area contributed by atoms with E-state index in [1.165, 1.54) is 11.8 Å². The fraction of sp³-hybridized carbons (Fsp3) is 0.522. The molecule has 2 aromatic rings. The van der Waals surface area contributed by atoms with Crippen LogP contribution in [0.4, 0.5) is 5.69 Å². The quantitative estimate of drug-likeness (QED) is 0.532. The highest BCUT2D eigenvalue weighted by Gasteiger charge is 2.61. The Morgan fingerprint density at radius 1 is 1.20 bits per heavy atom. The number of Topliss-reactive ketones (excluding diaryl/α,β-unsaturated/α-hetero) is 1. The minimum Gasteiger partial charge on any atom is -0.312 e. The third-order valence-corrected chi connectivity index (χ3v) is 8.52. The molecular weight excluding hydrogens is 396 g/mol. The van der Waals surface area contributed by atoms with Crippen LogP contribution in [0.1, 0.15) is 74.1 Å². The van der Waals surface area contributed by atoms with E-state index in [1.54, 1.807) is 17.0 Å². The first-order valence-electron chi connectivity index (χ1n) is 10.6. The average Bonchev–Trinajstić information content (AvgIpc) is 3.32. The van der Waals surface area contributed by atoms with E-state index < -0.39 is 0 Å². The summed E-state index contributed by atoms with van der Waals surface area (Å²) < 4.78 is 0. The number of hydrogen-bond acceptors (Lipinski definition) is 6. The average molecular weight is 423 g/mol. The van der Waals surface area contributed by atoms with Gasteiger partial charge in [0.1, 0.15) is 0 Å². The topological polar surface area (TPSA) is 76.1 Å². The van der Waals surface area contributed by atoms with E-state index in [0.717, 1.165) is 42.9 Å². The molecule has 2 aliphatic carbocycles. The number of hydrogen-bond donors (Lipinski definition) is 0. The first-order valence-corrected chi connectivity index (χ1v) is 11.6. The molecule has 0 N–H and O–H groups in total. The monoisotopic (exact) mass is 422 g/mol. The number of carbonyl (C=O) groups is 2. The molecule has 2 unspecified atom stereocenters. The van der Waals surface area contributed by atoms with E-state index in [-0.39, 0.29) is 28.3 Å². The first-order chi connectivity index (χ1) is 14.3. The minimum absolute atomic E-state index is 0.0245. The highest BCUT2D eigenvalue weighted by atomic mass is 32.2. The van der Waals surface area contributed by atoms with Crippen molar-refractivity contribution in [2.24, 2.45) is 5.41 Å². The lowest BCUT2D eigenvalue weighted by atomic mass is 9.70. The van der Waals surface area contributed by atoms with E-state index in [9.17, 15) is 9.59 Å². The van der Waals surface area contributed by atoms with Crippen molar-refractivity contribution in [3.8, 4) is 0 Å². The molecule has 156 valence electrons. The van der Waals surface area contributed by atoms with E-state index in [1.807, 2.05) is 12.1 Å². The number of thioether (sulfide) groups is 1. The van der Waals surface area contributed by atoms with E-state index in [2.05, 4.69) is 31.0 Å². The second-order valence-electron chi connectivity index (χ2n) is 9.38. The van der Waals surface area contributed by atoms with Gasteiger partial charge in [-0.1, -0.05) is 32.5 Å². The van der Waals surface area contributed by atoms with Crippen molar-refractivity contribution in [2.75, 3.05) is 17.2 Å². The van der Waals surface area contributed by atoms with Crippen LogP contribution in [0.5, 0.6) is 0 Å². The standard InChI is InChI=1S/C23H26N4O2S/c1-22(2)16-10-11-23(22,3)20-19(16)25-26-21(24-20)30-13-17(28)14-6-8-15(9-7-14)27-12-4-5-18(27)29/h6-9,16H,4-5,10-13H2,1-3H3. The summed E-state index contributed by atoms with van der Waals surface area (Å²) in [7, 11) is 0. The van der Waals surface area contributed by atoms with E-state index in [0.29, 0.717) is 23.1 Å². The molecule has 0 spiro atoms. The van der Waals surface area contributed by atoms with Crippen LogP contribution in [-0.2, 0) is 10.2 Å². The zero-order valence-corrected chi connectivity index (χ0v) is 18.5. The van der Waals surface area contributed by atoms with Gasteiger partial charge in [-0.05, 0) is 48.9 Å². The van der Waals surface area contributed by atoms with Gasteiger partial charge in [-0.2, -0.15) is 5.10 Å². The van der Waals surface area contributed by atoms with Gasteiger partial charge in [0.2, 0.25) is 11.1 Å². The molecule has 0 radical (unpaired) electrons. The second kappa shape index (κ2) is 6.87. The van der Waals surface area contributed by atoms with Crippen LogP contribution in [-0.4, -0.2) is 39.2 Å². The molecule has 1 aliphatic heterocycles. The Balaban J connectivity index is 1.27. The zero-order valence-electron chi connectivity index (χ0n) is 17.6. The number of ketones is 1. The zero-order chi connectivity index (χ0) is 21.1. The van der Waals surface area contributed by atoms with Crippen LogP contribution < -0.4 is 4.90 Å². The summed E-state index contributed by atoms with van der Waals surface area (Å²) in [6, 6.07) is 7.31. The number of fused-ring (bicyclic) bond motifs is 5. The van der Waals surface area contributed by atoms with Gasteiger partial charge >= 0.3 is 0 Å². The van der Waals surface area contributed by atoms with E-state index in [4.69, 9.17) is 4.98 Å². The van der Waals surface area contributed by atoms with Crippen molar-refractivity contribution < 1.29 is 9.59 Å². The lowest BCUT2D eigenvalue weighted by Gasteiger charge is -2.33. The van der Waals surface area contributed by atoms with Crippen LogP contribution in [0, 0.1) is 5.41 Å². The van der Waals surface area contributed by atoms with Gasteiger partial charge < -0.3 is 4.90 Å².